The molecule has 1 saturated heterocycles. The van der Waals surface area contributed by atoms with Gasteiger partial charge in [-0.2, -0.15) is 13.2 Å². The highest BCUT2D eigenvalue weighted by atomic mass is 19.4. The van der Waals surface area contributed by atoms with Gasteiger partial charge in [0.2, 0.25) is 0 Å². The number of carbonyl (C=O) groups is 1. The summed E-state index contributed by atoms with van der Waals surface area (Å²) in [6, 6.07) is 14.3. The number of rotatable bonds is 4. The van der Waals surface area contributed by atoms with Crippen molar-refractivity contribution in [2.75, 3.05) is 47.2 Å². The third-order valence-electron chi connectivity index (χ3n) is 5.83. The Hall–Kier alpha value is -3.79. The lowest BCUT2D eigenvalue weighted by Crippen LogP contribution is -2.36. The predicted octanol–water partition coefficient (Wildman–Crippen LogP) is 4.73. The fourth-order valence-corrected chi connectivity index (χ4v) is 4.19. The molecule has 2 aliphatic rings. The number of aromatic nitrogens is 1. The van der Waals surface area contributed by atoms with Crippen LogP contribution >= 0.6 is 0 Å². The zero-order valence-corrected chi connectivity index (χ0v) is 18.0. The van der Waals surface area contributed by atoms with E-state index in [0.717, 1.165) is 6.07 Å². The molecule has 2 aliphatic heterocycles. The Bertz CT molecular complexity index is 1200. The first-order valence-electron chi connectivity index (χ1n) is 10.8. The van der Waals surface area contributed by atoms with Gasteiger partial charge in [0.25, 0.3) is 5.91 Å². The summed E-state index contributed by atoms with van der Waals surface area (Å²) in [6.07, 6.45) is -3.84. The van der Waals surface area contributed by atoms with Crippen molar-refractivity contribution in [3.05, 3.63) is 77.5 Å². The number of para-hydroxylation sites is 1. The van der Waals surface area contributed by atoms with E-state index in [-0.39, 0.29) is 5.56 Å². The number of hydrogen-bond acceptors (Lipinski definition) is 6. The molecule has 3 N–H and O–H groups in total. The quantitative estimate of drug-likeness (QED) is 0.513. The van der Waals surface area contributed by atoms with Crippen LogP contribution in [0.5, 0.6) is 0 Å². The lowest BCUT2D eigenvalue weighted by Gasteiger charge is -2.30. The highest BCUT2D eigenvalue weighted by molar-refractivity contribution is 6.10. The number of halogens is 3. The number of nitrogens with one attached hydrogen (secondary N) is 3. The molecule has 5 rings (SSSR count). The Morgan fingerprint density at radius 2 is 1.88 bits per heavy atom. The zero-order chi connectivity index (χ0) is 23.7. The van der Waals surface area contributed by atoms with E-state index in [4.69, 9.17) is 4.74 Å². The van der Waals surface area contributed by atoms with E-state index in [2.05, 4.69) is 20.9 Å². The van der Waals surface area contributed by atoms with Gasteiger partial charge in [0.05, 0.1) is 35.7 Å². The van der Waals surface area contributed by atoms with Crippen LogP contribution in [0.15, 0.2) is 60.8 Å². The Morgan fingerprint density at radius 3 is 2.62 bits per heavy atom. The first-order valence-corrected chi connectivity index (χ1v) is 10.8. The van der Waals surface area contributed by atoms with Crippen LogP contribution in [0.2, 0.25) is 0 Å². The lowest BCUT2D eigenvalue weighted by atomic mass is 10.0. The molecule has 7 nitrogen and oxygen atoms in total. The minimum absolute atomic E-state index is 0.0591. The normalized spacial score (nSPS) is 17.5. The Labute approximate surface area is 193 Å². The molecule has 1 unspecified atom stereocenters. The highest BCUT2D eigenvalue weighted by Gasteiger charge is 2.38. The average Bonchev–Trinajstić information content (AvgIpc) is 3.29. The van der Waals surface area contributed by atoms with E-state index in [1.807, 2.05) is 4.90 Å². The SMILES string of the molecule is O=C(Nc1ccccn1)c1cccc2c1NC(c1cc(N3CCOCC3)ccc1C(F)(F)F)N2. The molecule has 176 valence electrons. The maximum absolute atomic E-state index is 13.9. The van der Waals surface area contributed by atoms with Gasteiger partial charge in [-0.3, -0.25) is 4.79 Å². The highest BCUT2D eigenvalue weighted by Crippen LogP contribution is 2.43. The van der Waals surface area contributed by atoms with E-state index in [9.17, 15) is 18.0 Å². The first-order chi connectivity index (χ1) is 16.4. The molecular formula is C24H22F3N5O2. The Balaban J connectivity index is 1.46. The van der Waals surface area contributed by atoms with Gasteiger partial charge in [-0.1, -0.05) is 12.1 Å². The van der Waals surface area contributed by atoms with Gasteiger partial charge in [0.1, 0.15) is 12.0 Å². The second-order valence-electron chi connectivity index (χ2n) is 7.99. The molecular weight excluding hydrogens is 447 g/mol. The van der Waals surface area contributed by atoms with E-state index >= 15 is 0 Å². The van der Waals surface area contributed by atoms with Gasteiger partial charge in [-0.05, 0) is 42.5 Å². The lowest BCUT2D eigenvalue weighted by molar-refractivity contribution is -0.138. The molecule has 0 saturated carbocycles. The Morgan fingerprint density at radius 1 is 1.06 bits per heavy atom. The van der Waals surface area contributed by atoms with Crippen LogP contribution in [0.25, 0.3) is 0 Å². The van der Waals surface area contributed by atoms with Crippen molar-refractivity contribution < 1.29 is 22.7 Å². The molecule has 3 aromatic rings. The summed E-state index contributed by atoms with van der Waals surface area (Å²) < 4.78 is 47.0. The third-order valence-corrected chi connectivity index (χ3v) is 5.83. The van der Waals surface area contributed by atoms with Crippen molar-refractivity contribution in [3.63, 3.8) is 0 Å². The summed E-state index contributed by atoms with van der Waals surface area (Å²) in [5.74, 6) is -0.0335. The summed E-state index contributed by atoms with van der Waals surface area (Å²) in [5, 5.41) is 8.91. The number of anilines is 4. The number of benzene rings is 2. The fraction of sp³-hybridized carbons (Fsp3) is 0.250. The number of amides is 1. The largest absolute Gasteiger partial charge is 0.416 e. The number of pyridine rings is 1. The summed E-state index contributed by atoms with van der Waals surface area (Å²) in [4.78, 5) is 19.0. The summed E-state index contributed by atoms with van der Waals surface area (Å²) in [6.45, 7) is 2.26. The van der Waals surface area contributed by atoms with Crippen molar-refractivity contribution in [2.45, 2.75) is 12.3 Å². The van der Waals surface area contributed by atoms with Gasteiger partial charge in [0.15, 0.2) is 0 Å². The standard InChI is InChI=1S/C24H22F3N5O2/c25-24(26,27)18-8-7-15(32-10-12-34-13-11-32)14-17(18)22-29-19-5-3-4-16(21(19)31-22)23(33)30-20-6-1-2-9-28-20/h1-9,14,22,29,31H,10-13H2,(H,28,30,33). The number of alkyl halides is 3. The van der Waals surface area contributed by atoms with Gasteiger partial charge in [0, 0.05) is 30.5 Å². The fourth-order valence-electron chi connectivity index (χ4n) is 4.19. The topological polar surface area (TPSA) is 78.5 Å². The Kier molecular flexibility index (Phi) is 5.74. The van der Waals surface area contributed by atoms with Crippen molar-refractivity contribution in [3.8, 4) is 0 Å². The first kappa shape index (κ1) is 22.0. The third kappa shape index (κ3) is 4.36. The van der Waals surface area contributed by atoms with E-state index in [1.54, 1.807) is 48.7 Å². The minimum atomic E-state index is -4.53. The van der Waals surface area contributed by atoms with Crippen LogP contribution in [0.1, 0.15) is 27.7 Å². The van der Waals surface area contributed by atoms with Gasteiger partial charge < -0.3 is 25.6 Å². The molecule has 0 bridgehead atoms. The van der Waals surface area contributed by atoms with Crippen molar-refractivity contribution >= 4 is 28.8 Å². The van der Waals surface area contributed by atoms with Crippen molar-refractivity contribution in [1.82, 2.24) is 4.98 Å². The second-order valence-corrected chi connectivity index (χ2v) is 7.99. The average molecular weight is 469 g/mol. The molecule has 1 aromatic heterocycles. The molecule has 2 aromatic carbocycles. The molecule has 1 fully saturated rings. The molecule has 0 spiro atoms. The van der Waals surface area contributed by atoms with Crippen LogP contribution in [0.3, 0.4) is 0 Å². The van der Waals surface area contributed by atoms with Gasteiger partial charge in [-0.15, -0.1) is 0 Å². The molecule has 1 atom stereocenters. The molecule has 34 heavy (non-hydrogen) atoms. The van der Waals surface area contributed by atoms with E-state index < -0.39 is 23.8 Å². The van der Waals surface area contributed by atoms with Gasteiger partial charge in [-0.25, -0.2) is 4.98 Å². The summed E-state index contributed by atoms with van der Waals surface area (Å²) >= 11 is 0. The molecule has 1 amide bonds. The van der Waals surface area contributed by atoms with Gasteiger partial charge >= 0.3 is 6.18 Å². The van der Waals surface area contributed by atoms with Crippen molar-refractivity contribution in [2.24, 2.45) is 0 Å². The number of nitrogens with zero attached hydrogens (tertiary/aromatic N) is 2. The monoisotopic (exact) mass is 469 g/mol. The maximum Gasteiger partial charge on any atom is 0.416 e. The smallest absolute Gasteiger partial charge is 0.378 e. The second kappa shape index (κ2) is 8.86. The van der Waals surface area contributed by atoms with Crippen LogP contribution in [-0.2, 0) is 10.9 Å². The van der Waals surface area contributed by atoms with E-state index in [0.29, 0.717) is 54.7 Å². The molecule has 0 aliphatic carbocycles. The van der Waals surface area contributed by atoms with Crippen LogP contribution < -0.4 is 20.9 Å². The summed E-state index contributed by atoms with van der Waals surface area (Å²) in [5.41, 5.74) is 1.30. The minimum Gasteiger partial charge on any atom is -0.378 e. The number of morpholine rings is 1. The molecule has 0 radical (unpaired) electrons. The van der Waals surface area contributed by atoms with Crippen LogP contribution in [0, 0.1) is 0 Å². The van der Waals surface area contributed by atoms with Crippen molar-refractivity contribution in [1.29, 1.82) is 0 Å². The number of carbonyl (C=O) groups excluding carboxylic acids is 1. The molecule has 10 heteroatoms. The predicted molar refractivity (Wildman–Crippen MR) is 123 cm³/mol. The summed E-state index contributed by atoms with van der Waals surface area (Å²) in [7, 11) is 0. The van der Waals surface area contributed by atoms with E-state index in [1.165, 1.54) is 6.07 Å². The number of hydrogen-bond donors (Lipinski definition) is 3. The van der Waals surface area contributed by atoms with Crippen LogP contribution in [-0.4, -0.2) is 37.2 Å². The zero-order valence-electron chi connectivity index (χ0n) is 18.0. The molecule has 3 heterocycles. The number of fused-ring (bicyclic) bond motifs is 1. The number of ether oxygens (including phenoxy) is 1. The van der Waals surface area contributed by atoms with Crippen LogP contribution in [0.4, 0.5) is 36.1 Å². The maximum atomic E-state index is 13.9.